The van der Waals surface area contributed by atoms with Crippen LogP contribution in [0.5, 0.6) is 17.2 Å². The van der Waals surface area contributed by atoms with E-state index in [0.717, 1.165) is 26.9 Å². The van der Waals surface area contributed by atoms with Crippen LogP contribution in [0.2, 0.25) is 0 Å². The van der Waals surface area contributed by atoms with Gasteiger partial charge in [0, 0.05) is 10.0 Å². The van der Waals surface area contributed by atoms with Crippen LogP contribution in [-0.2, 0) is 6.61 Å². The lowest BCUT2D eigenvalue weighted by Gasteiger charge is -2.10. The van der Waals surface area contributed by atoms with E-state index in [2.05, 4.69) is 22.0 Å². The fourth-order valence-electron chi connectivity index (χ4n) is 2.87. The zero-order valence-corrected chi connectivity index (χ0v) is 16.5. The third kappa shape index (κ3) is 4.03. The van der Waals surface area contributed by atoms with Crippen LogP contribution in [0.25, 0.3) is 11.6 Å². The normalized spacial score (nSPS) is 12.5. The lowest BCUT2D eigenvalue weighted by molar-refractivity contribution is 0.174. The molecular weight excluding hydrogens is 418 g/mol. The third-order valence-corrected chi connectivity index (χ3v) is 4.86. The van der Waals surface area contributed by atoms with Crippen LogP contribution >= 0.6 is 15.9 Å². The molecule has 3 aromatic rings. The molecule has 1 aliphatic heterocycles. The molecule has 0 N–H and O–H groups in total. The van der Waals surface area contributed by atoms with Crippen molar-refractivity contribution in [3.05, 3.63) is 87.9 Å². The van der Waals surface area contributed by atoms with Crippen molar-refractivity contribution in [1.82, 2.24) is 0 Å². The van der Waals surface area contributed by atoms with Gasteiger partial charge < -0.3 is 14.2 Å². The third-order valence-electron chi connectivity index (χ3n) is 4.33. The van der Waals surface area contributed by atoms with Crippen molar-refractivity contribution in [2.45, 2.75) is 6.61 Å². The number of nitriles is 1. The highest BCUT2D eigenvalue weighted by Crippen LogP contribution is 2.35. The van der Waals surface area contributed by atoms with Crippen molar-refractivity contribution in [1.29, 1.82) is 5.26 Å². The number of benzene rings is 3. The summed E-state index contributed by atoms with van der Waals surface area (Å²) in [5, 5.41) is 9.68. The molecule has 0 saturated heterocycles. The van der Waals surface area contributed by atoms with Crippen LogP contribution in [0.4, 0.5) is 0 Å². The van der Waals surface area contributed by atoms with Crippen LogP contribution in [0.3, 0.4) is 0 Å². The van der Waals surface area contributed by atoms with Gasteiger partial charge >= 0.3 is 0 Å². The number of allylic oxidation sites excluding steroid dienone is 1. The Balaban J connectivity index is 1.59. The molecule has 4 nitrogen and oxygen atoms in total. The van der Waals surface area contributed by atoms with Crippen molar-refractivity contribution in [2.75, 3.05) is 6.79 Å². The Morgan fingerprint density at radius 3 is 2.64 bits per heavy atom. The van der Waals surface area contributed by atoms with Gasteiger partial charge in [-0.3, -0.25) is 0 Å². The first-order valence-corrected chi connectivity index (χ1v) is 9.50. The van der Waals surface area contributed by atoms with E-state index in [4.69, 9.17) is 14.2 Å². The second kappa shape index (κ2) is 8.20. The van der Waals surface area contributed by atoms with E-state index in [1.807, 2.05) is 72.8 Å². The molecule has 5 heteroatoms. The van der Waals surface area contributed by atoms with Gasteiger partial charge in [0.2, 0.25) is 6.79 Å². The molecule has 0 saturated carbocycles. The lowest BCUT2D eigenvalue weighted by atomic mass is 10.0. The monoisotopic (exact) mass is 433 g/mol. The smallest absolute Gasteiger partial charge is 0.231 e. The summed E-state index contributed by atoms with van der Waals surface area (Å²) in [6, 6.07) is 23.4. The summed E-state index contributed by atoms with van der Waals surface area (Å²) in [5.41, 5.74) is 3.21. The molecule has 138 valence electrons. The van der Waals surface area contributed by atoms with E-state index >= 15 is 0 Å². The highest BCUT2D eigenvalue weighted by molar-refractivity contribution is 9.10. The highest BCUT2D eigenvalue weighted by Gasteiger charge is 2.15. The van der Waals surface area contributed by atoms with Gasteiger partial charge in [-0.25, -0.2) is 0 Å². The Morgan fingerprint density at radius 1 is 1.04 bits per heavy atom. The molecule has 0 aromatic heterocycles. The first kappa shape index (κ1) is 18.1. The summed E-state index contributed by atoms with van der Waals surface area (Å²) in [5.74, 6) is 2.07. The predicted octanol–water partition coefficient (Wildman–Crippen LogP) is 5.82. The van der Waals surface area contributed by atoms with E-state index in [-0.39, 0.29) is 6.79 Å². The molecule has 0 bridgehead atoms. The number of para-hydroxylation sites is 1. The van der Waals surface area contributed by atoms with E-state index < -0.39 is 0 Å². The summed E-state index contributed by atoms with van der Waals surface area (Å²) in [6.07, 6.45) is 1.83. The van der Waals surface area contributed by atoms with E-state index in [1.54, 1.807) is 0 Å². The number of ether oxygens (including phenoxy) is 3. The van der Waals surface area contributed by atoms with E-state index in [0.29, 0.717) is 23.7 Å². The Morgan fingerprint density at radius 2 is 1.82 bits per heavy atom. The average Bonchev–Trinajstić information content (AvgIpc) is 3.20. The first-order valence-electron chi connectivity index (χ1n) is 8.71. The SMILES string of the molecule is N#C/C(=C/c1ccccc1OCc1ccc(Br)cc1)c1ccc2c(c1)OCO2. The van der Waals surface area contributed by atoms with Gasteiger partial charge in [-0.15, -0.1) is 0 Å². The van der Waals surface area contributed by atoms with Gasteiger partial charge in [0.1, 0.15) is 12.4 Å². The minimum atomic E-state index is 0.205. The van der Waals surface area contributed by atoms with E-state index in [1.165, 1.54) is 0 Å². The molecule has 28 heavy (non-hydrogen) atoms. The van der Waals surface area contributed by atoms with Crippen LogP contribution in [0.1, 0.15) is 16.7 Å². The molecule has 0 amide bonds. The number of rotatable bonds is 5. The molecule has 0 radical (unpaired) electrons. The fourth-order valence-corrected chi connectivity index (χ4v) is 3.14. The van der Waals surface area contributed by atoms with Crippen LogP contribution in [0, 0.1) is 11.3 Å². The van der Waals surface area contributed by atoms with Crippen molar-refractivity contribution in [3.8, 4) is 23.3 Å². The summed E-state index contributed by atoms with van der Waals surface area (Å²) in [6.45, 7) is 0.654. The molecule has 3 aromatic carbocycles. The molecule has 0 fully saturated rings. The molecule has 4 rings (SSSR count). The van der Waals surface area contributed by atoms with Gasteiger partial charge in [0.25, 0.3) is 0 Å². The zero-order valence-electron chi connectivity index (χ0n) is 14.9. The maximum absolute atomic E-state index is 9.68. The summed E-state index contributed by atoms with van der Waals surface area (Å²) in [4.78, 5) is 0. The Hall–Kier alpha value is -3.23. The first-order chi connectivity index (χ1) is 13.7. The van der Waals surface area contributed by atoms with Gasteiger partial charge in [0.05, 0.1) is 11.6 Å². The van der Waals surface area contributed by atoms with Gasteiger partial charge in [-0.05, 0) is 53.6 Å². The summed E-state index contributed by atoms with van der Waals surface area (Å²) < 4.78 is 17.8. The van der Waals surface area contributed by atoms with Crippen LogP contribution in [0.15, 0.2) is 71.2 Å². The minimum absolute atomic E-state index is 0.205. The van der Waals surface area contributed by atoms with Gasteiger partial charge in [-0.2, -0.15) is 5.26 Å². The second-order valence-corrected chi connectivity index (χ2v) is 7.11. The Kier molecular flexibility index (Phi) is 5.31. The maximum Gasteiger partial charge on any atom is 0.231 e. The molecule has 0 atom stereocenters. The number of hydrogen-bond donors (Lipinski definition) is 0. The Bertz CT molecular complexity index is 1070. The van der Waals surface area contributed by atoms with Crippen LogP contribution in [-0.4, -0.2) is 6.79 Å². The van der Waals surface area contributed by atoms with Gasteiger partial charge in [0.15, 0.2) is 11.5 Å². The number of nitrogens with zero attached hydrogens (tertiary/aromatic N) is 1. The average molecular weight is 434 g/mol. The quantitative estimate of drug-likeness (QED) is 0.375. The Labute approximate surface area is 171 Å². The summed E-state index contributed by atoms with van der Waals surface area (Å²) >= 11 is 3.43. The summed E-state index contributed by atoms with van der Waals surface area (Å²) in [7, 11) is 0. The predicted molar refractivity (Wildman–Crippen MR) is 111 cm³/mol. The largest absolute Gasteiger partial charge is 0.488 e. The van der Waals surface area contributed by atoms with Gasteiger partial charge in [-0.1, -0.05) is 46.3 Å². The number of halogens is 1. The van der Waals surface area contributed by atoms with Crippen molar-refractivity contribution >= 4 is 27.6 Å². The molecule has 0 aliphatic carbocycles. The van der Waals surface area contributed by atoms with Crippen LogP contribution < -0.4 is 14.2 Å². The molecule has 1 heterocycles. The second-order valence-electron chi connectivity index (χ2n) is 6.19. The molecule has 0 unspecified atom stereocenters. The molecule has 1 aliphatic rings. The number of hydrogen-bond acceptors (Lipinski definition) is 4. The number of fused-ring (bicyclic) bond motifs is 1. The standard InChI is InChI=1S/C23H16BrNO3/c24-20-8-5-16(6-9-20)14-26-21-4-2-1-3-18(21)11-19(13-25)17-7-10-22-23(12-17)28-15-27-22/h1-12H,14-15H2/b19-11-. The molecule has 0 spiro atoms. The highest BCUT2D eigenvalue weighted by atomic mass is 79.9. The van der Waals surface area contributed by atoms with E-state index in [9.17, 15) is 5.26 Å². The topological polar surface area (TPSA) is 51.5 Å². The zero-order chi connectivity index (χ0) is 19.3. The minimum Gasteiger partial charge on any atom is -0.488 e. The van der Waals surface area contributed by atoms with Crippen molar-refractivity contribution in [3.63, 3.8) is 0 Å². The lowest BCUT2D eigenvalue weighted by Crippen LogP contribution is -1.97. The molecular formula is C23H16BrNO3. The maximum atomic E-state index is 9.68. The van der Waals surface area contributed by atoms with Crippen molar-refractivity contribution in [2.24, 2.45) is 0 Å². The van der Waals surface area contributed by atoms with Crippen molar-refractivity contribution < 1.29 is 14.2 Å². The fraction of sp³-hybridized carbons (Fsp3) is 0.0870.